The first kappa shape index (κ1) is 17.9. The third-order valence-corrected chi connectivity index (χ3v) is 3.71. The van der Waals surface area contributed by atoms with Crippen LogP contribution in [-0.2, 0) is 6.61 Å². The van der Waals surface area contributed by atoms with Crippen LogP contribution >= 0.6 is 0 Å². The van der Waals surface area contributed by atoms with Gasteiger partial charge in [-0.15, -0.1) is 0 Å². The normalized spacial score (nSPS) is 9.93. The van der Waals surface area contributed by atoms with Crippen molar-refractivity contribution in [3.8, 4) is 11.8 Å². The lowest BCUT2D eigenvalue weighted by atomic mass is 10.2. The number of hydrogen-bond acceptors (Lipinski definition) is 6. The molecular weight excluding hydrogens is 342 g/mol. The van der Waals surface area contributed by atoms with E-state index in [1.165, 1.54) is 19.3 Å². The highest BCUT2D eigenvalue weighted by molar-refractivity contribution is 5.92. The molecule has 0 atom stereocenters. The second-order valence-electron chi connectivity index (χ2n) is 5.57. The zero-order valence-corrected chi connectivity index (χ0v) is 14.6. The van der Waals surface area contributed by atoms with Gasteiger partial charge in [-0.25, -0.2) is 9.97 Å². The van der Waals surface area contributed by atoms with Crippen molar-refractivity contribution in [2.45, 2.75) is 6.61 Å². The highest BCUT2D eigenvalue weighted by Crippen LogP contribution is 2.25. The van der Waals surface area contributed by atoms with E-state index in [9.17, 15) is 10.1 Å². The van der Waals surface area contributed by atoms with Gasteiger partial charge in [0.2, 0.25) is 5.95 Å². The van der Waals surface area contributed by atoms with Gasteiger partial charge in [-0.05, 0) is 23.8 Å². The van der Waals surface area contributed by atoms with E-state index < -0.39 is 0 Å². The third kappa shape index (κ3) is 4.58. The second kappa shape index (κ2) is 8.45. The Morgan fingerprint density at radius 3 is 2.74 bits per heavy atom. The van der Waals surface area contributed by atoms with Crippen LogP contribution in [0.1, 0.15) is 21.6 Å². The maximum absolute atomic E-state index is 11.7. The first-order valence-corrected chi connectivity index (χ1v) is 8.22. The van der Waals surface area contributed by atoms with Crippen LogP contribution < -0.4 is 15.4 Å². The zero-order chi connectivity index (χ0) is 19.1. The van der Waals surface area contributed by atoms with Crippen molar-refractivity contribution in [2.75, 3.05) is 12.4 Å². The summed E-state index contributed by atoms with van der Waals surface area (Å²) in [6.45, 7) is 0.349. The fourth-order valence-corrected chi connectivity index (χ4v) is 2.35. The molecule has 134 valence electrons. The maximum Gasteiger partial charge on any atom is 0.269 e. The molecule has 0 unspecified atom stereocenters. The fraction of sp³-hybridized carbons (Fsp3) is 0.100. The number of benzene rings is 2. The standard InChI is InChI=1S/C20H17N5O2/c1-22-19(26)17-9-10-23-20(25-17)24-16-8-7-15(12-21)18(11-16)27-13-14-5-3-2-4-6-14/h2-11H,13H2,1H3,(H,22,26)(H,23,24,25). The maximum atomic E-state index is 11.7. The van der Waals surface area contributed by atoms with Crippen molar-refractivity contribution >= 4 is 17.5 Å². The predicted molar refractivity (Wildman–Crippen MR) is 101 cm³/mol. The smallest absolute Gasteiger partial charge is 0.269 e. The fourth-order valence-electron chi connectivity index (χ4n) is 2.35. The lowest BCUT2D eigenvalue weighted by Crippen LogP contribution is -2.19. The van der Waals surface area contributed by atoms with Gasteiger partial charge >= 0.3 is 0 Å². The minimum Gasteiger partial charge on any atom is -0.487 e. The molecule has 0 bridgehead atoms. The molecule has 0 aliphatic heterocycles. The molecule has 0 radical (unpaired) electrons. The average molecular weight is 359 g/mol. The number of carbonyl (C=O) groups is 1. The van der Waals surface area contributed by atoms with E-state index in [1.807, 2.05) is 30.3 Å². The molecule has 0 saturated heterocycles. The van der Waals surface area contributed by atoms with Crippen LogP contribution in [-0.4, -0.2) is 22.9 Å². The number of carbonyl (C=O) groups excluding carboxylic acids is 1. The summed E-state index contributed by atoms with van der Waals surface area (Å²) >= 11 is 0. The van der Waals surface area contributed by atoms with Crippen molar-refractivity contribution in [3.05, 3.63) is 77.6 Å². The van der Waals surface area contributed by atoms with Gasteiger partial charge in [-0.2, -0.15) is 5.26 Å². The summed E-state index contributed by atoms with van der Waals surface area (Å²) in [5.74, 6) is 0.427. The first-order valence-electron chi connectivity index (χ1n) is 8.22. The van der Waals surface area contributed by atoms with Crippen LogP contribution in [0.5, 0.6) is 5.75 Å². The van der Waals surface area contributed by atoms with Crippen LogP contribution in [0.2, 0.25) is 0 Å². The Bertz CT molecular complexity index is 983. The van der Waals surface area contributed by atoms with E-state index in [-0.39, 0.29) is 17.5 Å². The van der Waals surface area contributed by atoms with E-state index in [4.69, 9.17) is 4.74 Å². The number of nitrogens with zero attached hydrogens (tertiary/aromatic N) is 3. The van der Waals surface area contributed by atoms with Crippen molar-refractivity contribution in [1.82, 2.24) is 15.3 Å². The Kier molecular flexibility index (Phi) is 5.60. The summed E-state index contributed by atoms with van der Waals surface area (Å²) in [6, 6.07) is 18.4. The van der Waals surface area contributed by atoms with E-state index in [0.717, 1.165) is 5.56 Å². The van der Waals surface area contributed by atoms with Crippen molar-refractivity contribution in [1.29, 1.82) is 5.26 Å². The highest BCUT2D eigenvalue weighted by Gasteiger charge is 2.09. The van der Waals surface area contributed by atoms with E-state index in [1.54, 1.807) is 18.2 Å². The molecule has 0 aliphatic rings. The number of nitriles is 1. The minimum atomic E-state index is -0.299. The van der Waals surface area contributed by atoms with E-state index in [0.29, 0.717) is 23.6 Å². The highest BCUT2D eigenvalue weighted by atomic mass is 16.5. The summed E-state index contributed by atoms with van der Waals surface area (Å²) in [5, 5.41) is 14.8. The average Bonchev–Trinajstić information content (AvgIpc) is 2.72. The molecular formula is C20H17N5O2. The van der Waals surface area contributed by atoms with Crippen molar-refractivity contribution < 1.29 is 9.53 Å². The second-order valence-corrected chi connectivity index (χ2v) is 5.57. The summed E-state index contributed by atoms with van der Waals surface area (Å²) in [6.07, 6.45) is 1.50. The molecule has 3 aromatic rings. The molecule has 0 fully saturated rings. The van der Waals surface area contributed by atoms with Crippen LogP contribution in [0.25, 0.3) is 0 Å². The predicted octanol–water partition coefficient (Wildman–Crippen LogP) is 3.03. The van der Waals surface area contributed by atoms with Crippen LogP contribution in [0.15, 0.2) is 60.8 Å². The molecule has 2 aromatic carbocycles. The van der Waals surface area contributed by atoms with Crippen LogP contribution in [0.4, 0.5) is 11.6 Å². The summed E-state index contributed by atoms with van der Waals surface area (Å²) in [5.41, 5.74) is 2.33. The monoisotopic (exact) mass is 359 g/mol. The van der Waals surface area contributed by atoms with Gasteiger partial charge < -0.3 is 15.4 Å². The Hall–Kier alpha value is -3.92. The molecule has 7 heteroatoms. The Balaban J connectivity index is 1.79. The van der Waals surface area contributed by atoms with E-state index >= 15 is 0 Å². The number of anilines is 2. The van der Waals surface area contributed by atoms with E-state index in [2.05, 4.69) is 26.7 Å². The molecule has 0 spiro atoms. The Labute approximate surface area is 156 Å². The topological polar surface area (TPSA) is 99.9 Å². The molecule has 1 aromatic heterocycles. The van der Waals surface area contributed by atoms with Crippen LogP contribution in [0, 0.1) is 11.3 Å². The van der Waals surface area contributed by atoms with Gasteiger partial charge in [-0.1, -0.05) is 30.3 Å². The van der Waals surface area contributed by atoms with Gasteiger partial charge in [0.15, 0.2) is 0 Å². The number of ether oxygens (including phenoxy) is 1. The van der Waals surface area contributed by atoms with Gasteiger partial charge in [0.05, 0.1) is 5.56 Å². The SMILES string of the molecule is CNC(=O)c1ccnc(Nc2ccc(C#N)c(OCc3ccccc3)c2)n1. The van der Waals surface area contributed by atoms with Gasteiger partial charge in [0.1, 0.15) is 24.1 Å². The van der Waals surface area contributed by atoms with Crippen LogP contribution in [0.3, 0.4) is 0 Å². The molecule has 7 nitrogen and oxygen atoms in total. The molecule has 0 aliphatic carbocycles. The number of amides is 1. The zero-order valence-electron chi connectivity index (χ0n) is 14.6. The molecule has 2 N–H and O–H groups in total. The number of hydrogen-bond donors (Lipinski definition) is 2. The number of nitrogens with one attached hydrogen (secondary N) is 2. The summed E-state index contributed by atoms with van der Waals surface area (Å²) < 4.78 is 5.80. The minimum absolute atomic E-state index is 0.254. The molecule has 0 saturated carbocycles. The first-order chi connectivity index (χ1) is 13.2. The summed E-state index contributed by atoms with van der Waals surface area (Å²) in [4.78, 5) is 20.0. The van der Waals surface area contributed by atoms with Gasteiger partial charge in [0.25, 0.3) is 5.91 Å². The molecule has 3 rings (SSSR count). The number of aromatic nitrogens is 2. The van der Waals surface area contributed by atoms with Crippen molar-refractivity contribution in [3.63, 3.8) is 0 Å². The quantitative estimate of drug-likeness (QED) is 0.702. The molecule has 27 heavy (non-hydrogen) atoms. The van der Waals surface area contributed by atoms with Gasteiger partial charge in [-0.3, -0.25) is 4.79 Å². The van der Waals surface area contributed by atoms with Crippen molar-refractivity contribution in [2.24, 2.45) is 0 Å². The lowest BCUT2D eigenvalue weighted by Gasteiger charge is -2.11. The Morgan fingerprint density at radius 2 is 2.00 bits per heavy atom. The lowest BCUT2D eigenvalue weighted by molar-refractivity contribution is 0.0958. The number of rotatable bonds is 6. The van der Waals surface area contributed by atoms with Gasteiger partial charge in [0, 0.05) is 25.0 Å². The Morgan fingerprint density at radius 1 is 1.19 bits per heavy atom. The molecule has 1 heterocycles. The third-order valence-electron chi connectivity index (χ3n) is 3.71. The largest absolute Gasteiger partial charge is 0.487 e. The summed E-state index contributed by atoms with van der Waals surface area (Å²) in [7, 11) is 1.54. The molecule has 1 amide bonds.